The van der Waals surface area contributed by atoms with Crippen LogP contribution < -0.4 is 5.73 Å². The fourth-order valence-electron chi connectivity index (χ4n) is 1.47. The summed E-state index contributed by atoms with van der Waals surface area (Å²) in [5, 5.41) is 11.5. The van der Waals surface area contributed by atoms with Crippen LogP contribution in [0.25, 0.3) is 0 Å². The second-order valence-corrected chi connectivity index (χ2v) is 4.80. The summed E-state index contributed by atoms with van der Waals surface area (Å²) >= 11 is 1.72. The van der Waals surface area contributed by atoms with Crippen LogP contribution in [0, 0.1) is 5.41 Å². The molecule has 0 bridgehead atoms. The normalized spacial score (nSPS) is 10.4. The molecule has 0 aliphatic carbocycles. The average Bonchev–Trinajstić information content (AvgIpc) is 2.73. The summed E-state index contributed by atoms with van der Waals surface area (Å²) in [7, 11) is 1.90. The SMILES string of the molecule is Cn1cc(SCc2cccc(C(=N)N)c2)cn1. The minimum atomic E-state index is 0.109. The number of amidine groups is 1. The molecule has 0 aliphatic rings. The highest BCUT2D eigenvalue weighted by molar-refractivity contribution is 7.98. The third kappa shape index (κ3) is 3.10. The number of benzene rings is 1. The van der Waals surface area contributed by atoms with Crippen molar-refractivity contribution in [2.45, 2.75) is 10.6 Å². The van der Waals surface area contributed by atoms with E-state index < -0.39 is 0 Å². The Morgan fingerprint density at radius 2 is 2.35 bits per heavy atom. The summed E-state index contributed by atoms with van der Waals surface area (Å²) in [5.41, 5.74) is 7.39. The Labute approximate surface area is 104 Å². The van der Waals surface area contributed by atoms with Crippen LogP contribution in [0.1, 0.15) is 11.1 Å². The predicted octanol–water partition coefficient (Wildman–Crippen LogP) is 2.00. The standard InChI is InChI=1S/C12H14N4S/c1-16-7-11(6-15-16)17-8-9-3-2-4-10(5-9)12(13)14/h2-7H,8H2,1H3,(H3,13,14). The lowest BCUT2D eigenvalue weighted by Crippen LogP contribution is -2.10. The average molecular weight is 246 g/mol. The van der Waals surface area contributed by atoms with Gasteiger partial charge in [-0.15, -0.1) is 11.8 Å². The quantitative estimate of drug-likeness (QED) is 0.492. The van der Waals surface area contributed by atoms with Gasteiger partial charge in [0.1, 0.15) is 5.84 Å². The Hall–Kier alpha value is -1.75. The van der Waals surface area contributed by atoms with Crippen molar-refractivity contribution in [3.05, 3.63) is 47.8 Å². The van der Waals surface area contributed by atoms with Gasteiger partial charge < -0.3 is 5.73 Å². The van der Waals surface area contributed by atoms with Gasteiger partial charge in [0.05, 0.1) is 6.20 Å². The van der Waals surface area contributed by atoms with Crippen molar-refractivity contribution in [3.63, 3.8) is 0 Å². The van der Waals surface area contributed by atoms with Gasteiger partial charge in [0.15, 0.2) is 0 Å². The van der Waals surface area contributed by atoms with Gasteiger partial charge in [0.25, 0.3) is 0 Å². The van der Waals surface area contributed by atoms with Crippen molar-refractivity contribution >= 4 is 17.6 Å². The number of hydrogen-bond donors (Lipinski definition) is 2. The van der Waals surface area contributed by atoms with Crippen molar-refractivity contribution in [2.24, 2.45) is 12.8 Å². The van der Waals surface area contributed by atoms with Gasteiger partial charge in [0.2, 0.25) is 0 Å². The van der Waals surface area contributed by atoms with E-state index in [2.05, 4.69) is 5.10 Å². The Kier molecular flexibility index (Phi) is 3.49. The van der Waals surface area contributed by atoms with E-state index in [1.807, 2.05) is 43.7 Å². The molecule has 0 saturated carbocycles. The Balaban J connectivity index is 2.04. The molecule has 17 heavy (non-hydrogen) atoms. The third-order valence-corrected chi connectivity index (χ3v) is 3.35. The van der Waals surface area contributed by atoms with Gasteiger partial charge in [0, 0.05) is 29.5 Å². The molecule has 0 spiro atoms. The van der Waals surface area contributed by atoms with E-state index in [1.54, 1.807) is 16.4 Å². The number of hydrogen-bond acceptors (Lipinski definition) is 3. The van der Waals surface area contributed by atoms with Crippen molar-refractivity contribution in [3.8, 4) is 0 Å². The molecule has 0 atom stereocenters. The summed E-state index contributed by atoms with van der Waals surface area (Å²) in [5.74, 6) is 0.963. The Bertz CT molecular complexity index is 533. The molecule has 1 aromatic heterocycles. The molecule has 0 aliphatic heterocycles. The first kappa shape index (κ1) is 11.7. The molecule has 0 fully saturated rings. The molecular weight excluding hydrogens is 232 g/mol. The van der Waals surface area contributed by atoms with Gasteiger partial charge in [-0.2, -0.15) is 5.10 Å². The van der Waals surface area contributed by atoms with Crippen LogP contribution in [0.2, 0.25) is 0 Å². The maximum Gasteiger partial charge on any atom is 0.122 e. The maximum atomic E-state index is 7.39. The van der Waals surface area contributed by atoms with Crippen LogP contribution in [0.15, 0.2) is 41.6 Å². The largest absolute Gasteiger partial charge is 0.384 e. The van der Waals surface area contributed by atoms with Crippen LogP contribution >= 0.6 is 11.8 Å². The molecule has 88 valence electrons. The third-order valence-electron chi connectivity index (χ3n) is 2.32. The lowest BCUT2D eigenvalue weighted by Gasteiger charge is -2.02. The first-order valence-electron chi connectivity index (χ1n) is 5.20. The molecule has 1 heterocycles. The summed E-state index contributed by atoms with van der Waals surface area (Å²) in [4.78, 5) is 1.14. The van der Waals surface area contributed by atoms with Crippen LogP contribution in [-0.2, 0) is 12.8 Å². The molecule has 0 amide bonds. The van der Waals surface area contributed by atoms with Crippen molar-refractivity contribution in [2.75, 3.05) is 0 Å². The number of nitrogens with two attached hydrogens (primary N) is 1. The van der Waals surface area contributed by atoms with Gasteiger partial charge in [-0.05, 0) is 11.6 Å². The molecule has 3 N–H and O–H groups in total. The van der Waals surface area contributed by atoms with Gasteiger partial charge in [-0.25, -0.2) is 0 Å². The highest BCUT2D eigenvalue weighted by Gasteiger charge is 2.01. The highest BCUT2D eigenvalue weighted by Crippen LogP contribution is 2.22. The van der Waals surface area contributed by atoms with Crippen molar-refractivity contribution < 1.29 is 0 Å². The fourth-order valence-corrected chi connectivity index (χ4v) is 2.33. The van der Waals surface area contributed by atoms with Crippen LogP contribution in [0.5, 0.6) is 0 Å². The van der Waals surface area contributed by atoms with E-state index in [0.29, 0.717) is 0 Å². The zero-order valence-corrected chi connectivity index (χ0v) is 10.4. The Morgan fingerprint density at radius 1 is 1.53 bits per heavy atom. The van der Waals surface area contributed by atoms with Crippen molar-refractivity contribution in [1.82, 2.24) is 9.78 Å². The number of aromatic nitrogens is 2. The second-order valence-electron chi connectivity index (χ2n) is 3.75. The predicted molar refractivity (Wildman–Crippen MR) is 70.2 cm³/mol. The monoisotopic (exact) mass is 246 g/mol. The molecular formula is C12H14N4S. The number of nitrogen functional groups attached to an aromatic ring is 1. The summed E-state index contributed by atoms with van der Waals surface area (Å²) in [6.45, 7) is 0. The first-order valence-corrected chi connectivity index (χ1v) is 6.18. The van der Waals surface area contributed by atoms with Gasteiger partial charge in [-0.3, -0.25) is 10.1 Å². The topological polar surface area (TPSA) is 67.7 Å². The molecule has 2 aromatic rings. The number of thioether (sulfide) groups is 1. The van der Waals surface area contributed by atoms with Crippen LogP contribution in [-0.4, -0.2) is 15.6 Å². The molecule has 0 radical (unpaired) electrons. The molecule has 4 nitrogen and oxygen atoms in total. The van der Waals surface area contributed by atoms with E-state index in [4.69, 9.17) is 11.1 Å². The molecule has 5 heteroatoms. The molecule has 0 unspecified atom stereocenters. The first-order chi connectivity index (χ1) is 8.15. The van der Waals surface area contributed by atoms with Crippen LogP contribution in [0.4, 0.5) is 0 Å². The number of rotatable bonds is 4. The second kappa shape index (κ2) is 5.05. The number of nitrogens with zero attached hydrogens (tertiary/aromatic N) is 2. The van der Waals surface area contributed by atoms with E-state index in [1.165, 1.54) is 0 Å². The smallest absolute Gasteiger partial charge is 0.122 e. The Morgan fingerprint density at radius 3 is 3.00 bits per heavy atom. The lowest BCUT2D eigenvalue weighted by molar-refractivity contribution is 0.766. The van der Waals surface area contributed by atoms with Crippen LogP contribution in [0.3, 0.4) is 0 Å². The minimum absolute atomic E-state index is 0.109. The molecule has 0 saturated heterocycles. The van der Waals surface area contributed by atoms with Gasteiger partial charge >= 0.3 is 0 Å². The summed E-state index contributed by atoms with van der Waals surface area (Å²) in [6.07, 6.45) is 3.83. The zero-order valence-electron chi connectivity index (χ0n) is 9.55. The minimum Gasteiger partial charge on any atom is -0.384 e. The molecule has 1 aromatic carbocycles. The summed E-state index contributed by atoms with van der Waals surface area (Å²) < 4.78 is 1.79. The molecule has 2 rings (SSSR count). The number of nitrogens with one attached hydrogen (secondary N) is 1. The zero-order chi connectivity index (χ0) is 12.3. The maximum absolute atomic E-state index is 7.39. The van der Waals surface area contributed by atoms with Gasteiger partial charge in [-0.1, -0.05) is 18.2 Å². The number of aryl methyl sites for hydroxylation is 1. The van der Waals surface area contributed by atoms with E-state index in [-0.39, 0.29) is 5.84 Å². The van der Waals surface area contributed by atoms with E-state index in [9.17, 15) is 0 Å². The fraction of sp³-hybridized carbons (Fsp3) is 0.167. The van der Waals surface area contributed by atoms with E-state index in [0.717, 1.165) is 21.8 Å². The van der Waals surface area contributed by atoms with E-state index >= 15 is 0 Å². The van der Waals surface area contributed by atoms with Crippen molar-refractivity contribution in [1.29, 1.82) is 5.41 Å². The highest BCUT2D eigenvalue weighted by atomic mass is 32.2. The summed E-state index contributed by atoms with van der Waals surface area (Å²) in [6, 6.07) is 7.76. The lowest BCUT2D eigenvalue weighted by atomic mass is 10.1.